The Morgan fingerprint density at radius 1 is 1.04 bits per heavy atom. The van der Waals surface area contributed by atoms with Gasteiger partial charge in [0.25, 0.3) is 0 Å². The summed E-state index contributed by atoms with van der Waals surface area (Å²) in [7, 11) is 0. The Balaban J connectivity index is 1.41. The van der Waals surface area contributed by atoms with Crippen LogP contribution < -0.4 is 15.4 Å². The maximum Gasteiger partial charge on any atom is 0.319 e. The Morgan fingerprint density at radius 2 is 1.69 bits per heavy atom. The first kappa shape index (κ1) is 18.3. The van der Waals surface area contributed by atoms with E-state index in [2.05, 4.69) is 10.6 Å². The fraction of sp³-hybridized carbons (Fsp3) is 0.381. The van der Waals surface area contributed by atoms with Gasteiger partial charge in [-0.1, -0.05) is 29.8 Å². The molecule has 0 saturated heterocycles. The average Bonchev–Trinajstić information content (AvgIpc) is 2.66. The fourth-order valence-corrected chi connectivity index (χ4v) is 3.18. The predicted octanol–water partition coefficient (Wildman–Crippen LogP) is 4.00. The topological polar surface area (TPSA) is 70.6 Å². The van der Waals surface area contributed by atoms with Crippen molar-refractivity contribution >= 4 is 11.7 Å². The molecule has 1 saturated carbocycles. The van der Waals surface area contributed by atoms with E-state index in [1.165, 1.54) is 5.56 Å². The molecule has 0 radical (unpaired) electrons. The van der Waals surface area contributed by atoms with E-state index in [0.717, 1.165) is 42.7 Å². The van der Waals surface area contributed by atoms with E-state index in [4.69, 9.17) is 9.84 Å². The lowest BCUT2D eigenvalue weighted by Crippen LogP contribution is -2.41. The maximum atomic E-state index is 12.1. The smallest absolute Gasteiger partial charge is 0.319 e. The van der Waals surface area contributed by atoms with Crippen LogP contribution in [0, 0.1) is 6.92 Å². The molecular weight excluding hydrogens is 328 g/mol. The molecular formula is C21H26N2O3. The highest BCUT2D eigenvalue weighted by Crippen LogP contribution is 2.24. The highest BCUT2D eigenvalue weighted by atomic mass is 16.5. The molecule has 3 N–H and O–H groups in total. The first-order valence-corrected chi connectivity index (χ1v) is 9.13. The molecule has 2 aromatic rings. The highest BCUT2D eigenvalue weighted by molar-refractivity contribution is 5.89. The van der Waals surface area contributed by atoms with Gasteiger partial charge in [0.15, 0.2) is 0 Å². The van der Waals surface area contributed by atoms with Gasteiger partial charge in [-0.05, 0) is 62.4 Å². The Hall–Kier alpha value is -2.53. The van der Waals surface area contributed by atoms with Crippen LogP contribution in [0.4, 0.5) is 10.5 Å². The fourth-order valence-electron chi connectivity index (χ4n) is 3.18. The molecule has 1 fully saturated rings. The predicted molar refractivity (Wildman–Crippen MR) is 102 cm³/mol. The summed E-state index contributed by atoms with van der Waals surface area (Å²) in [5.74, 6) is 0.829. The third-order valence-electron chi connectivity index (χ3n) is 4.73. The summed E-state index contributed by atoms with van der Waals surface area (Å²) in [5, 5.41) is 15.0. The van der Waals surface area contributed by atoms with Gasteiger partial charge in [-0.15, -0.1) is 0 Å². The molecule has 2 aromatic carbocycles. The summed E-state index contributed by atoms with van der Waals surface area (Å²) in [4.78, 5) is 12.1. The van der Waals surface area contributed by atoms with Crippen molar-refractivity contribution in [2.45, 2.75) is 51.4 Å². The third kappa shape index (κ3) is 5.23. The van der Waals surface area contributed by atoms with E-state index in [-0.39, 0.29) is 24.8 Å². The lowest BCUT2D eigenvalue weighted by Gasteiger charge is -2.29. The van der Waals surface area contributed by atoms with Crippen molar-refractivity contribution in [2.75, 3.05) is 5.32 Å². The number of carbonyl (C=O) groups is 1. The van der Waals surface area contributed by atoms with E-state index in [1.807, 2.05) is 55.5 Å². The van der Waals surface area contributed by atoms with E-state index in [1.54, 1.807) is 0 Å². The summed E-state index contributed by atoms with van der Waals surface area (Å²) in [5.41, 5.74) is 2.85. The summed E-state index contributed by atoms with van der Waals surface area (Å²) < 4.78 is 6.00. The quantitative estimate of drug-likeness (QED) is 0.760. The van der Waals surface area contributed by atoms with E-state index < -0.39 is 0 Å². The van der Waals surface area contributed by atoms with E-state index in [9.17, 15) is 4.79 Å². The van der Waals surface area contributed by atoms with Crippen LogP contribution >= 0.6 is 0 Å². The molecule has 5 heteroatoms. The Morgan fingerprint density at radius 3 is 2.31 bits per heavy atom. The molecule has 138 valence electrons. The van der Waals surface area contributed by atoms with Gasteiger partial charge >= 0.3 is 6.03 Å². The van der Waals surface area contributed by atoms with Gasteiger partial charge in [0.1, 0.15) is 5.75 Å². The molecule has 0 bridgehead atoms. The second-order valence-corrected chi connectivity index (χ2v) is 6.86. The van der Waals surface area contributed by atoms with E-state index >= 15 is 0 Å². The van der Waals surface area contributed by atoms with Gasteiger partial charge in [-0.25, -0.2) is 4.79 Å². The minimum absolute atomic E-state index is 0.0434. The number of anilines is 1. The van der Waals surface area contributed by atoms with Crippen molar-refractivity contribution in [3.05, 3.63) is 59.7 Å². The molecule has 0 atom stereocenters. The molecule has 0 aromatic heterocycles. The molecule has 1 aliphatic rings. The maximum absolute atomic E-state index is 12.1. The molecule has 3 rings (SSSR count). The summed E-state index contributed by atoms with van der Waals surface area (Å²) in [6.45, 7) is 2.06. The average molecular weight is 354 g/mol. The summed E-state index contributed by atoms with van der Waals surface area (Å²) in [6.07, 6.45) is 3.81. The Labute approximate surface area is 154 Å². The van der Waals surface area contributed by atoms with Gasteiger partial charge < -0.3 is 20.5 Å². The van der Waals surface area contributed by atoms with Crippen molar-refractivity contribution in [2.24, 2.45) is 0 Å². The minimum atomic E-state index is -0.155. The van der Waals surface area contributed by atoms with Crippen LogP contribution in [0.25, 0.3) is 0 Å². The molecule has 26 heavy (non-hydrogen) atoms. The van der Waals surface area contributed by atoms with Crippen molar-refractivity contribution in [3.63, 3.8) is 0 Å². The standard InChI is InChI=1S/C21H26N2O3/c1-15-2-6-17(7-3-15)22-21(25)23-18-8-12-20(13-9-18)26-19-10-4-16(14-24)5-11-19/h2-7,10-11,18,20,24H,8-9,12-14H2,1H3,(H2,22,23,25)/t18-,20-. The molecule has 0 unspecified atom stereocenters. The number of nitrogens with one attached hydrogen (secondary N) is 2. The van der Waals surface area contributed by atoms with Gasteiger partial charge in [0.2, 0.25) is 0 Å². The van der Waals surface area contributed by atoms with Crippen molar-refractivity contribution in [1.29, 1.82) is 0 Å². The zero-order valence-corrected chi connectivity index (χ0v) is 15.1. The second-order valence-electron chi connectivity index (χ2n) is 6.86. The molecule has 0 aliphatic heterocycles. The van der Waals surface area contributed by atoms with Gasteiger partial charge in [-0.2, -0.15) is 0 Å². The number of benzene rings is 2. The highest BCUT2D eigenvalue weighted by Gasteiger charge is 2.23. The van der Waals surface area contributed by atoms with Crippen LogP contribution in [0.3, 0.4) is 0 Å². The van der Waals surface area contributed by atoms with Crippen molar-refractivity contribution in [3.8, 4) is 5.75 Å². The zero-order valence-electron chi connectivity index (χ0n) is 15.1. The van der Waals surface area contributed by atoms with Gasteiger partial charge in [-0.3, -0.25) is 0 Å². The van der Waals surface area contributed by atoms with E-state index in [0.29, 0.717) is 0 Å². The molecule has 0 spiro atoms. The zero-order chi connectivity index (χ0) is 18.4. The second kappa shape index (κ2) is 8.72. The minimum Gasteiger partial charge on any atom is -0.490 e. The largest absolute Gasteiger partial charge is 0.490 e. The first-order valence-electron chi connectivity index (χ1n) is 9.13. The lowest BCUT2D eigenvalue weighted by molar-refractivity contribution is 0.141. The molecule has 5 nitrogen and oxygen atoms in total. The number of carbonyl (C=O) groups excluding carboxylic acids is 1. The van der Waals surface area contributed by atoms with Crippen LogP contribution in [0.5, 0.6) is 5.75 Å². The number of urea groups is 1. The number of aliphatic hydroxyl groups is 1. The molecule has 0 heterocycles. The van der Waals surface area contributed by atoms with Crippen LogP contribution in [0.15, 0.2) is 48.5 Å². The normalized spacial score (nSPS) is 19.6. The summed E-state index contributed by atoms with van der Waals surface area (Å²) in [6, 6.07) is 15.3. The van der Waals surface area contributed by atoms with Crippen molar-refractivity contribution < 1.29 is 14.6 Å². The number of amides is 2. The van der Waals surface area contributed by atoms with Gasteiger partial charge in [0, 0.05) is 11.7 Å². The SMILES string of the molecule is Cc1ccc(NC(=O)N[C@H]2CC[C@H](Oc3ccc(CO)cc3)CC2)cc1. The lowest BCUT2D eigenvalue weighted by atomic mass is 9.93. The van der Waals surface area contributed by atoms with Crippen LogP contribution in [-0.2, 0) is 6.61 Å². The number of hydrogen-bond acceptors (Lipinski definition) is 3. The van der Waals surface area contributed by atoms with Crippen molar-refractivity contribution in [1.82, 2.24) is 5.32 Å². The number of aryl methyl sites for hydroxylation is 1. The number of ether oxygens (including phenoxy) is 1. The monoisotopic (exact) mass is 354 g/mol. The van der Waals surface area contributed by atoms with Gasteiger partial charge in [0.05, 0.1) is 12.7 Å². The molecule has 1 aliphatic carbocycles. The first-order chi connectivity index (χ1) is 12.6. The number of hydrogen-bond donors (Lipinski definition) is 3. The Bertz CT molecular complexity index is 705. The van der Waals surface area contributed by atoms with Crippen LogP contribution in [0.2, 0.25) is 0 Å². The Kier molecular flexibility index (Phi) is 6.12. The van der Waals surface area contributed by atoms with Crippen LogP contribution in [0.1, 0.15) is 36.8 Å². The van der Waals surface area contributed by atoms with Crippen LogP contribution in [-0.4, -0.2) is 23.3 Å². The summed E-state index contributed by atoms with van der Waals surface area (Å²) >= 11 is 0. The third-order valence-corrected chi connectivity index (χ3v) is 4.73. The number of aliphatic hydroxyl groups excluding tert-OH is 1. The number of rotatable bonds is 5. The molecule has 2 amide bonds.